The van der Waals surface area contributed by atoms with Crippen LogP contribution in [0.4, 0.5) is 0 Å². The van der Waals surface area contributed by atoms with Gasteiger partial charge in [-0.05, 0) is 19.3 Å². The third kappa shape index (κ3) is 32.7. The molecule has 0 spiro atoms. The molecule has 0 aliphatic carbocycles. The average molecular weight is 1780 g/mol. The van der Waals surface area contributed by atoms with Crippen LogP contribution < -0.4 is 21.3 Å². The number of allylic oxidation sites excluding steroid dienone is 1. The molecule has 23 N–H and O–H groups in total. The summed E-state index contributed by atoms with van der Waals surface area (Å²) in [5, 5.41) is 225. The van der Waals surface area contributed by atoms with Gasteiger partial charge in [-0.3, -0.25) is 19.2 Å². The molecule has 0 aromatic rings. The van der Waals surface area contributed by atoms with Crippen molar-refractivity contribution in [2.45, 2.75) is 435 Å². The molecule has 6 aliphatic heterocycles. The van der Waals surface area contributed by atoms with Gasteiger partial charge in [0, 0.05) is 33.6 Å². The van der Waals surface area contributed by atoms with Crippen molar-refractivity contribution >= 4 is 29.6 Å². The van der Waals surface area contributed by atoms with E-state index in [1.165, 1.54) is 115 Å². The molecule has 0 saturated carbocycles. The van der Waals surface area contributed by atoms with Crippen LogP contribution in [0.5, 0.6) is 0 Å². The summed E-state index contributed by atoms with van der Waals surface area (Å²) in [5.41, 5.74) is 0. The zero-order valence-electron chi connectivity index (χ0n) is 71.9. The molecule has 33 atom stereocenters. The van der Waals surface area contributed by atoms with Gasteiger partial charge in [-0.1, -0.05) is 193 Å². The number of amides is 4. The zero-order valence-corrected chi connectivity index (χ0v) is 71.9. The molecule has 0 bridgehead atoms. The Labute approximate surface area is 719 Å². The van der Waals surface area contributed by atoms with Gasteiger partial charge in [-0.25, -0.2) is 4.79 Å². The normalized spacial score (nSPS) is 35.4. The number of rotatable bonds is 58. The molecule has 12 unspecified atom stereocenters. The van der Waals surface area contributed by atoms with Crippen LogP contribution >= 0.6 is 0 Å². The molecule has 40 heteroatoms. The lowest BCUT2D eigenvalue weighted by molar-refractivity contribution is -0.404. The van der Waals surface area contributed by atoms with Crippen molar-refractivity contribution in [1.82, 2.24) is 21.3 Å². The number of ether oxygens (including phenoxy) is 12. The molecule has 40 nitrogen and oxygen atoms in total. The van der Waals surface area contributed by atoms with Gasteiger partial charge < -0.3 is 175 Å². The maximum absolute atomic E-state index is 14.0. The first-order valence-corrected chi connectivity index (χ1v) is 44.6. The van der Waals surface area contributed by atoms with Gasteiger partial charge in [0.15, 0.2) is 31.5 Å². The van der Waals surface area contributed by atoms with E-state index in [0.717, 1.165) is 85.0 Å². The number of aliphatic carboxylic acids is 1. The highest BCUT2D eigenvalue weighted by atomic mass is 16.8. The molecular weight excluding hydrogens is 1630 g/mol. The highest BCUT2D eigenvalue weighted by Crippen LogP contribution is 2.42. The summed E-state index contributed by atoms with van der Waals surface area (Å²) < 4.78 is 72.7. The van der Waals surface area contributed by atoms with Crippen LogP contribution in [0.1, 0.15) is 234 Å². The second-order valence-electron chi connectivity index (χ2n) is 33.5. The highest BCUT2D eigenvalue weighted by molar-refractivity contribution is 5.77. The summed E-state index contributed by atoms with van der Waals surface area (Å²) >= 11 is 0. The summed E-state index contributed by atoms with van der Waals surface area (Å²) in [4.78, 5) is 66.1. The maximum Gasteiger partial charge on any atom is 0.364 e. The van der Waals surface area contributed by atoms with E-state index in [0.29, 0.717) is 12.8 Å². The number of nitrogens with one attached hydrogen (secondary N) is 4. The van der Waals surface area contributed by atoms with Crippen LogP contribution in [0.2, 0.25) is 0 Å². The van der Waals surface area contributed by atoms with Gasteiger partial charge in [0.2, 0.25) is 23.6 Å². The molecule has 716 valence electrons. The van der Waals surface area contributed by atoms with Crippen LogP contribution in [0.25, 0.3) is 0 Å². The van der Waals surface area contributed by atoms with E-state index in [2.05, 4.69) is 35.1 Å². The van der Waals surface area contributed by atoms with Crippen molar-refractivity contribution in [2.75, 3.05) is 46.2 Å². The minimum absolute atomic E-state index is 0.112. The van der Waals surface area contributed by atoms with Crippen molar-refractivity contribution in [1.29, 1.82) is 0 Å². The van der Waals surface area contributed by atoms with E-state index in [1.807, 2.05) is 0 Å². The molecule has 6 heterocycles. The summed E-state index contributed by atoms with van der Waals surface area (Å²) in [5.74, 6) is -8.75. The average Bonchev–Trinajstić information content (AvgIpc) is 0.744. The number of unbranched alkanes of at least 4 members (excludes halogenated alkanes) is 27. The van der Waals surface area contributed by atoms with E-state index in [1.54, 1.807) is 6.08 Å². The molecule has 4 amide bonds. The molecule has 0 aromatic heterocycles. The smallest absolute Gasteiger partial charge is 0.364 e. The molecule has 123 heavy (non-hydrogen) atoms. The van der Waals surface area contributed by atoms with Crippen molar-refractivity contribution in [3.8, 4) is 0 Å². The number of aliphatic hydroxyl groups excluding tert-OH is 18. The predicted octanol–water partition coefficient (Wildman–Crippen LogP) is -2.29. The lowest BCUT2D eigenvalue weighted by Gasteiger charge is -2.53. The Morgan fingerprint density at radius 1 is 0.423 bits per heavy atom. The topological polar surface area (TPSA) is 629 Å². The van der Waals surface area contributed by atoms with E-state index < -0.39 is 284 Å². The van der Waals surface area contributed by atoms with Crippen molar-refractivity contribution in [3.63, 3.8) is 0 Å². The van der Waals surface area contributed by atoms with Crippen LogP contribution in [0.15, 0.2) is 12.2 Å². The Morgan fingerprint density at radius 3 is 1.31 bits per heavy atom. The number of hydrogen-bond acceptors (Lipinski definition) is 35. The maximum atomic E-state index is 14.0. The Kier molecular flexibility index (Phi) is 49.4. The van der Waals surface area contributed by atoms with Crippen LogP contribution in [0, 0.1) is 0 Å². The van der Waals surface area contributed by atoms with Gasteiger partial charge in [-0.15, -0.1) is 0 Å². The number of aliphatic hydroxyl groups is 18. The fourth-order valence-corrected chi connectivity index (χ4v) is 16.6. The second-order valence-corrected chi connectivity index (χ2v) is 33.5. The summed E-state index contributed by atoms with van der Waals surface area (Å²) in [6.45, 7) is -0.0615. The Bertz CT molecular complexity index is 3000. The van der Waals surface area contributed by atoms with Gasteiger partial charge in [0.05, 0.1) is 70.5 Å². The molecule has 6 saturated heterocycles. The van der Waals surface area contributed by atoms with Crippen molar-refractivity contribution in [3.05, 3.63) is 12.2 Å². The highest BCUT2D eigenvalue weighted by Gasteiger charge is 2.63. The molecular formula is C83H148N4O36. The molecule has 0 aromatic carbocycles. The number of carboxylic acids is 1. The Hall–Kier alpha value is -4.11. The SMILES string of the molecule is CCCCCCCCCCCCC/C=C/[C@@H](O)[C@H](CO[C@@H]1OC(CO)[C@@H](O[C@@H]2OC(CO)[C@H](O[C@@H]3OC(CO)[C@H](O)[C@H](O[C@@H]4OC(CO)[C@H](O)[C@H](O[C@@H]5OC(CO)[C@@H](O)[C@H](O)C5NC(C)=O)C4O)C3NC(C)=O)[C@H](O[C@]3(C(=O)O)CC(O)[C@@H](NC(C)=O)C([C@H](O)[C@H](O)CO)O3)C2O)[C@H](O)C1O)NC(=O)CCCCCCCCCCCCCCCCCCC. The molecule has 6 rings (SSSR count). The first kappa shape index (κ1) is 108. The molecule has 6 fully saturated rings. The number of hydrogen-bond donors (Lipinski definition) is 23. The van der Waals surface area contributed by atoms with Crippen LogP contribution in [-0.4, -0.2) is 375 Å². The Balaban J connectivity index is 1.26. The third-order valence-electron chi connectivity index (χ3n) is 23.6. The number of carbonyl (C=O) groups excluding carboxylic acids is 4. The summed E-state index contributed by atoms with van der Waals surface area (Å²) in [6, 6.07) is -6.70. The first-order valence-electron chi connectivity index (χ1n) is 44.6. The second kappa shape index (κ2) is 56.5. The fourth-order valence-electron chi connectivity index (χ4n) is 16.6. The first-order chi connectivity index (χ1) is 58.9. The van der Waals surface area contributed by atoms with E-state index in [-0.39, 0.29) is 6.42 Å². The van der Waals surface area contributed by atoms with Crippen LogP contribution in [-0.2, 0) is 80.8 Å². The van der Waals surface area contributed by atoms with Crippen LogP contribution in [0.3, 0.4) is 0 Å². The van der Waals surface area contributed by atoms with E-state index in [9.17, 15) is 121 Å². The van der Waals surface area contributed by atoms with Gasteiger partial charge in [0.1, 0.15) is 140 Å². The molecule has 0 radical (unpaired) electrons. The van der Waals surface area contributed by atoms with Crippen molar-refractivity contribution < 1.29 is 178 Å². The number of carbonyl (C=O) groups is 5. The summed E-state index contributed by atoms with van der Waals surface area (Å²) in [7, 11) is 0. The van der Waals surface area contributed by atoms with Gasteiger partial charge in [-0.2, -0.15) is 0 Å². The van der Waals surface area contributed by atoms with E-state index in [4.69, 9.17) is 56.8 Å². The van der Waals surface area contributed by atoms with Gasteiger partial charge >= 0.3 is 5.97 Å². The minimum atomic E-state index is -3.45. The number of carboxylic acid groups (broad SMARTS) is 1. The Morgan fingerprint density at radius 2 is 0.821 bits per heavy atom. The van der Waals surface area contributed by atoms with Gasteiger partial charge in [0.25, 0.3) is 5.79 Å². The lowest BCUT2D eigenvalue weighted by Crippen LogP contribution is -2.72. The zero-order chi connectivity index (χ0) is 90.5. The third-order valence-corrected chi connectivity index (χ3v) is 23.6. The predicted molar refractivity (Wildman–Crippen MR) is 432 cm³/mol. The quantitative estimate of drug-likeness (QED) is 0.0225. The van der Waals surface area contributed by atoms with Crippen molar-refractivity contribution in [2.24, 2.45) is 0 Å². The van der Waals surface area contributed by atoms with E-state index >= 15 is 0 Å². The fraction of sp³-hybridized carbons (Fsp3) is 0.916. The lowest BCUT2D eigenvalue weighted by atomic mass is 9.88. The monoisotopic (exact) mass is 1780 g/mol. The largest absolute Gasteiger partial charge is 0.477 e. The minimum Gasteiger partial charge on any atom is -0.477 e. The molecule has 6 aliphatic rings. The standard InChI is InChI=1S/C83H148N4O36/c1-6-8-10-12-14-16-18-20-21-22-23-25-27-29-31-33-35-37-58(100)87-49(50(97)36-34-32-30-28-26-24-19-17-15-13-11-9-7-2)45-112-79-68(107)67(106)71(56(43-92)116-79)118-81-70(109)76(123-83(82(110)111)38-51(98)59(84-46(3)94)74(122-83)62(101)52(99)39-88)72(57(44-93)117-81)119-78-61(86-48(5)96)73(64(103)54(41-90)114-78)120-80-69(108)75(65(104)55(42-91)115-80)121-77-60(85-47(4)95)66(105)63(102)53(40-89)113-77/h34,36,49-57,59-81,88-93,97-99,101-109H,6-33,35,37-45H2,1-5H3,(H,84,94)(H,85,95)(H,86,96)(H,87,100)(H,110,111)/b36-34+/t49-,50+,51?,52+,53?,54?,55?,56?,57?,59+,60?,61?,62+,63+,64-,65-,66+,67+,68?,69?,70?,71+,72-,73+,74?,75-,76+,77-,78-,79+,80-,81-,83-/m0/s1. The summed E-state index contributed by atoms with van der Waals surface area (Å²) in [6.07, 6.45) is -24.0.